The topological polar surface area (TPSA) is 99.1 Å². The zero-order valence-corrected chi connectivity index (χ0v) is 13.8. The van der Waals surface area contributed by atoms with Crippen LogP contribution in [0.5, 0.6) is 0 Å². The summed E-state index contributed by atoms with van der Waals surface area (Å²) in [7, 11) is 1.62. The Hall–Kier alpha value is -2.42. The van der Waals surface area contributed by atoms with Crippen LogP contribution in [0.15, 0.2) is 12.4 Å². The highest BCUT2D eigenvalue weighted by Gasteiger charge is 2.20. The summed E-state index contributed by atoms with van der Waals surface area (Å²) in [5.41, 5.74) is 0.836. The van der Waals surface area contributed by atoms with Gasteiger partial charge in [-0.25, -0.2) is 0 Å². The average Bonchev–Trinajstić information content (AvgIpc) is 3.03. The second-order valence-electron chi connectivity index (χ2n) is 5.06. The predicted molar refractivity (Wildman–Crippen MR) is 83.0 cm³/mol. The average molecular weight is 341 g/mol. The summed E-state index contributed by atoms with van der Waals surface area (Å²) in [6, 6.07) is 0. The van der Waals surface area contributed by atoms with Crippen molar-refractivity contribution < 1.29 is 9.72 Å². The van der Waals surface area contributed by atoms with Crippen LogP contribution in [0.25, 0.3) is 0 Å². The van der Waals surface area contributed by atoms with Crippen LogP contribution >= 0.6 is 11.6 Å². The summed E-state index contributed by atoms with van der Waals surface area (Å²) >= 11 is 6.08. The van der Waals surface area contributed by atoms with Gasteiger partial charge in [-0.2, -0.15) is 10.2 Å². The van der Waals surface area contributed by atoms with Gasteiger partial charge in [-0.05, 0) is 13.8 Å². The molecule has 124 valence electrons. The molecule has 0 bridgehead atoms. The van der Waals surface area contributed by atoms with Crippen molar-refractivity contribution in [2.45, 2.75) is 33.5 Å². The lowest BCUT2D eigenvalue weighted by Gasteiger charge is -2.16. The van der Waals surface area contributed by atoms with E-state index in [0.717, 1.165) is 6.20 Å². The van der Waals surface area contributed by atoms with E-state index in [2.05, 4.69) is 10.2 Å². The third-order valence-electron chi connectivity index (χ3n) is 3.48. The van der Waals surface area contributed by atoms with Gasteiger partial charge in [-0.3, -0.25) is 24.3 Å². The quantitative estimate of drug-likeness (QED) is 0.587. The maximum Gasteiger partial charge on any atom is 0.309 e. The van der Waals surface area contributed by atoms with E-state index >= 15 is 0 Å². The number of aromatic nitrogens is 4. The molecule has 0 saturated carbocycles. The van der Waals surface area contributed by atoms with E-state index < -0.39 is 4.92 Å². The minimum atomic E-state index is -0.524. The standard InChI is InChI=1S/C13H17ClN6O3/c1-4-18-6-10(14)11(16-18)7-17(3)13(21)8-19-9(2)12(5-15-19)20(22)23/h5-6H,4,7-8H2,1-3H3. The second-order valence-corrected chi connectivity index (χ2v) is 5.47. The normalized spacial score (nSPS) is 10.8. The number of likely N-dealkylation sites (N-methyl/N-ethyl adjacent to an activating group) is 1. The van der Waals surface area contributed by atoms with E-state index in [1.807, 2.05) is 6.92 Å². The summed E-state index contributed by atoms with van der Waals surface area (Å²) in [4.78, 5) is 24.0. The van der Waals surface area contributed by atoms with Crippen LogP contribution in [-0.4, -0.2) is 42.3 Å². The number of hydrogen-bond donors (Lipinski definition) is 0. The highest BCUT2D eigenvalue weighted by Crippen LogP contribution is 2.17. The van der Waals surface area contributed by atoms with Gasteiger partial charge in [0.1, 0.15) is 24.1 Å². The Bertz CT molecular complexity index is 738. The van der Waals surface area contributed by atoms with Gasteiger partial charge < -0.3 is 4.90 Å². The van der Waals surface area contributed by atoms with Gasteiger partial charge in [0.25, 0.3) is 0 Å². The summed E-state index contributed by atoms with van der Waals surface area (Å²) in [6.45, 7) is 4.36. The number of aryl methyl sites for hydroxylation is 1. The second kappa shape index (κ2) is 6.78. The largest absolute Gasteiger partial charge is 0.338 e. The van der Waals surface area contributed by atoms with Gasteiger partial charge in [0.15, 0.2) is 0 Å². The Balaban J connectivity index is 2.05. The molecule has 10 heteroatoms. The van der Waals surface area contributed by atoms with Crippen molar-refractivity contribution in [3.63, 3.8) is 0 Å². The van der Waals surface area contributed by atoms with Crippen LogP contribution in [0, 0.1) is 17.0 Å². The van der Waals surface area contributed by atoms with E-state index in [-0.39, 0.29) is 24.7 Å². The number of hydrogen-bond acceptors (Lipinski definition) is 5. The van der Waals surface area contributed by atoms with Gasteiger partial charge in [0.05, 0.1) is 16.5 Å². The smallest absolute Gasteiger partial charge is 0.309 e. The summed E-state index contributed by atoms with van der Waals surface area (Å²) in [6.07, 6.45) is 2.85. The molecule has 2 heterocycles. The molecule has 1 amide bonds. The number of rotatable bonds is 6. The fraction of sp³-hybridized carbons (Fsp3) is 0.462. The van der Waals surface area contributed by atoms with Gasteiger partial charge in [0.2, 0.25) is 5.91 Å². The molecule has 0 spiro atoms. The number of nitrogens with zero attached hydrogens (tertiary/aromatic N) is 6. The van der Waals surface area contributed by atoms with Gasteiger partial charge in [-0.15, -0.1) is 0 Å². The van der Waals surface area contributed by atoms with E-state index in [0.29, 0.717) is 23.0 Å². The maximum atomic E-state index is 12.3. The van der Waals surface area contributed by atoms with Crippen molar-refractivity contribution in [3.8, 4) is 0 Å². The fourth-order valence-corrected chi connectivity index (χ4v) is 2.25. The van der Waals surface area contributed by atoms with E-state index in [4.69, 9.17) is 11.6 Å². The lowest BCUT2D eigenvalue weighted by Crippen LogP contribution is -2.30. The molecule has 0 N–H and O–H groups in total. The minimum Gasteiger partial charge on any atom is -0.338 e. The molecule has 2 aromatic rings. The highest BCUT2D eigenvalue weighted by molar-refractivity contribution is 6.31. The molecule has 0 aliphatic carbocycles. The molecule has 0 aromatic carbocycles. The molecule has 0 radical (unpaired) electrons. The Kier molecular flexibility index (Phi) is 4.99. The zero-order chi connectivity index (χ0) is 17.1. The van der Waals surface area contributed by atoms with Gasteiger partial charge in [0, 0.05) is 19.8 Å². The molecular weight excluding hydrogens is 324 g/mol. The van der Waals surface area contributed by atoms with E-state index in [1.165, 1.54) is 9.58 Å². The predicted octanol–water partition coefficient (Wildman–Crippen LogP) is 1.63. The Morgan fingerprint density at radius 3 is 2.74 bits per heavy atom. The van der Waals surface area contributed by atoms with Crippen LogP contribution in [0.3, 0.4) is 0 Å². The number of carbonyl (C=O) groups is 1. The molecule has 2 rings (SSSR count). The van der Waals surface area contributed by atoms with Crippen molar-refractivity contribution >= 4 is 23.2 Å². The Morgan fingerprint density at radius 1 is 1.52 bits per heavy atom. The third kappa shape index (κ3) is 3.67. The molecule has 9 nitrogen and oxygen atoms in total. The molecule has 0 saturated heterocycles. The fourth-order valence-electron chi connectivity index (χ4n) is 2.04. The molecule has 0 atom stereocenters. The zero-order valence-electron chi connectivity index (χ0n) is 13.1. The van der Waals surface area contributed by atoms with Crippen molar-refractivity contribution in [2.75, 3.05) is 7.05 Å². The lowest BCUT2D eigenvalue weighted by molar-refractivity contribution is -0.385. The molecule has 0 fully saturated rings. The van der Waals surface area contributed by atoms with Crippen LogP contribution in [-0.2, 0) is 24.4 Å². The molecule has 2 aromatic heterocycles. The first-order valence-electron chi connectivity index (χ1n) is 6.96. The van der Waals surface area contributed by atoms with Crippen LogP contribution in [0.1, 0.15) is 18.3 Å². The van der Waals surface area contributed by atoms with Crippen molar-refractivity contribution in [1.82, 2.24) is 24.5 Å². The van der Waals surface area contributed by atoms with Crippen LogP contribution in [0.2, 0.25) is 5.02 Å². The molecule has 0 unspecified atom stereocenters. The number of nitro groups is 1. The molecule has 0 aliphatic heterocycles. The Labute approximate surface area is 137 Å². The highest BCUT2D eigenvalue weighted by atomic mass is 35.5. The summed E-state index contributed by atoms with van der Waals surface area (Å²) in [5, 5.41) is 19.5. The number of carbonyl (C=O) groups excluding carboxylic acids is 1. The lowest BCUT2D eigenvalue weighted by atomic mass is 10.3. The third-order valence-corrected chi connectivity index (χ3v) is 3.80. The van der Waals surface area contributed by atoms with Crippen LogP contribution < -0.4 is 0 Å². The van der Waals surface area contributed by atoms with E-state index in [1.54, 1.807) is 24.9 Å². The Morgan fingerprint density at radius 2 is 2.22 bits per heavy atom. The monoisotopic (exact) mass is 340 g/mol. The number of halogens is 1. The first-order valence-corrected chi connectivity index (χ1v) is 7.33. The minimum absolute atomic E-state index is 0.0811. The SMILES string of the molecule is CCn1cc(Cl)c(CN(C)C(=O)Cn2ncc([N+](=O)[O-])c2C)n1. The first-order chi connectivity index (χ1) is 10.8. The molecular formula is C13H17ClN6O3. The van der Waals surface area contributed by atoms with E-state index in [9.17, 15) is 14.9 Å². The summed E-state index contributed by atoms with van der Waals surface area (Å²) < 4.78 is 3.00. The molecule has 23 heavy (non-hydrogen) atoms. The van der Waals surface area contributed by atoms with Crippen molar-refractivity contribution in [2.24, 2.45) is 0 Å². The molecule has 0 aliphatic rings. The summed E-state index contributed by atoms with van der Waals surface area (Å²) in [5.74, 6) is -0.242. The van der Waals surface area contributed by atoms with Crippen molar-refractivity contribution in [1.29, 1.82) is 0 Å². The van der Waals surface area contributed by atoms with Crippen LogP contribution in [0.4, 0.5) is 5.69 Å². The number of amides is 1. The first kappa shape index (κ1) is 16.9. The van der Waals surface area contributed by atoms with Gasteiger partial charge >= 0.3 is 5.69 Å². The maximum absolute atomic E-state index is 12.3. The van der Waals surface area contributed by atoms with Crippen molar-refractivity contribution in [3.05, 3.63) is 38.9 Å². The van der Waals surface area contributed by atoms with Gasteiger partial charge in [-0.1, -0.05) is 11.6 Å².